The van der Waals surface area contributed by atoms with Gasteiger partial charge in [0, 0.05) is 17.2 Å². The van der Waals surface area contributed by atoms with Crippen LogP contribution in [0, 0.1) is 0 Å². The molecular weight excluding hydrogens is 178 g/mol. The van der Waals surface area contributed by atoms with Gasteiger partial charge in [0.2, 0.25) is 0 Å². The molecule has 0 amide bonds. The Kier molecular flexibility index (Phi) is 2.41. The fourth-order valence-corrected chi connectivity index (χ4v) is 1.91. The number of allylic oxidation sites excluding steroid dienone is 6. The molecule has 0 fully saturated rings. The standard InChI is InChI=1S/C11H11NS/c1-9-3-2-4-10(6-5-9)11-12-7-8-13-11/h3-8H,2H2,1H3. The van der Waals surface area contributed by atoms with E-state index in [1.54, 1.807) is 11.3 Å². The minimum absolute atomic E-state index is 1.01. The zero-order chi connectivity index (χ0) is 9.10. The van der Waals surface area contributed by atoms with Gasteiger partial charge in [0.1, 0.15) is 5.01 Å². The summed E-state index contributed by atoms with van der Waals surface area (Å²) in [5, 5.41) is 3.12. The quantitative estimate of drug-likeness (QED) is 0.659. The van der Waals surface area contributed by atoms with Crippen molar-refractivity contribution in [2.75, 3.05) is 0 Å². The van der Waals surface area contributed by atoms with Gasteiger partial charge in [-0.25, -0.2) is 4.98 Å². The molecule has 0 unspecified atom stereocenters. The Morgan fingerprint density at radius 3 is 3.00 bits per heavy atom. The summed E-state index contributed by atoms with van der Waals surface area (Å²) in [7, 11) is 0. The van der Waals surface area contributed by atoms with Gasteiger partial charge in [0.15, 0.2) is 0 Å². The van der Waals surface area contributed by atoms with Gasteiger partial charge in [-0.15, -0.1) is 11.3 Å². The SMILES string of the molecule is CC1=CCC=C(c2nccs2)C=C1. The van der Waals surface area contributed by atoms with E-state index in [0.29, 0.717) is 0 Å². The fraction of sp³-hybridized carbons (Fsp3) is 0.182. The predicted octanol–water partition coefficient (Wildman–Crippen LogP) is 3.43. The van der Waals surface area contributed by atoms with Crippen molar-refractivity contribution in [2.45, 2.75) is 13.3 Å². The molecule has 0 saturated heterocycles. The average Bonchev–Trinajstić information content (AvgIpc) is 2.56. The molecule has 13 heavy (non-hydrogen) atoms. The van der Waals surface area contributed by atoms with Crippen LogP contribution < -0.4 is 0 Å². The number of rotatable bonds is 1. The van der Waals surface area contributed by atoms with Crippen LogP contribution >= 0.6 is 11.3 Å². The third-order valence-electron chi connectivity index (χ3n) is 1.98. The van der Waals surface area contributed by atoms with Crippen LogP contribution in [0.1, 0.15) is 18.4 Å². The molecule has 1 aliphatic rings. The molecule has 2 heteroatoms. The van der Waals surface area contributed by atoms with Crippen LogP contribution in [0.15, 0.2) is 41.5 Å². The first-order valence-electron chi connectivity index (χ1n) is 4.31. The molecule has 1 aliphatic carbocycles. The topological polar surface area (TPSA) is 12.9 Å². The number of hydrogen-bond donors (Lipinski definition) is 0. The van der Waals surface area contributed by atoms with Gasteiger partial charge in [-0.05, 0) is 13.3 Å². The Bertz CT molecular complexity index is 369. The summed E-state index contributed by atoms with van der Waals surface area (Å²) in [5.41, 5.74) is 2.56. The van der Waals surface area contributed by atoms with Gasteiger partial charge in [-0.3, -0.25) is 0 Å². The summed E-state index contributed by atoms with van der Waals surface area (Å²) < 4.78 is 0. The van der Waals surface area contributed by atoms with Crippen LogP contribution in [0.25, 0.3) is 5.57 Å². The monoisotopic (exact) mass is 189 g/mol. The maximum Gasteiger partial charge on any atom is 0.122 e. The molecule has 0 aromatic carbocycles. The van der Waals surface area contributed by atoms with Crippen molar-refractivity contribution < 1.29 is 0 Å². The lowest BCUT2D eigenvalue weighted by molar-refractivity contribution is 1.33. The summed E-state index contributed by atoms with van der Waals surface area (Å²) in [5.74, 6) is 0. The van der Waals surface area contributed by atoms with Crippen molar-refractivity contribution in [3.8, 4) is 0 Å². The second-order valence-corrected chi connectivity index (χ2v) is 3.91. The highest BCUT2D eigenvalue weighted by atomic mass is 32.1. The Balaban J connectivity index is 2.28. The molecule has 0 saturated carbocycles. The number of thiazole rings is 1. The average molecular weight is 189 g/mol. The molecule has 2 rings (SSSR count). The molecule has 0 bridgehead atoms. The van der Waals surface area contributed by atoms with E-state index in [1.807, 2.05) is 11.6 Å². The van der Waals surface area contributed by atoms with E-state index < -0.39 is 0 Å². The van der Waals surface area contributed by atoms with Gasteiger partial charge in [0.25, 0.3) is 0 Å². The van der Waals surface area contributed by atoms with E-state index >= 15 is 0 Å². The van der Waals surface area contributed by atoms with Crippen LogP contribution in [0.2, 0.25) is 0 Å². The largest absolute Gasteiger partial charge is 0.245 e. The molecule has 1 heterocycles. The highest BCUT2D eigenvalue weighted by molar-refractivity contribution is 7.10. The van der Waals surface area contributed by atoms with E-state index in [1.165, 1.54) is 11.1 Å². The van der Waals surface area contributed by atoms with Crippen molar-refractivity contribution in [1.82, 2.24) is 4.98 Å². The van der Waals surface area contributed by atoms with Gasteiger partial charge in [-0.2, -0.15) is 0 Å². The highest BCUT2D eigenvalue weighted by Crippen LogP contribution is 2.21. The van der Waals surface area contributed by atoms with Crippen LogP contribution in [0.4, 0.5) is 0 Å². The maximum atomic E-state index is 4.28. The summed E-state index contributed by atoms with van der Waals surface area (Å²) >= 11 is 1.69. The van der Waals surface area contributed by atoms with Crippen LogP contribution in [-0.4, -0.2) is 4.98 Å². The van der Waals surface area contributed by atoms with Crippen molar-refractivity contribution in [1.29, 1.82) is 0 Å². The smallest absolute Gasteiger partial charge is 0.122 e. The molecule has 0 aliphatic heterocycles. The van der Waals surface area contributed by atoms with E-state index in [2.05, 4.69) is 36.2 Å². The molecule has 0 radical (unpaired) electrons. The Morgan fingerprint density at radius 1 is 1.31 bits per heavy atom. The van der Waals surface area contributed by atoms with E-state index in [0.717, 1.165) is 11.4 Å². The Morgan fingerprint density at radius 2 is 2.23 bits per heavy atom. The van der Waals surface area contributed by atoms with Crippen molar-refractivity contribution in [2.24, 2.45) is 0 Å². The number of nitrogens with zero attached hydrogens (tertiary/aromatic N) is 1. The van der Waals surface area contributed by atoms with Gasteiger partial charge < -0.3 is 0 Å². The predicted molar refractivity (Wildman–Crippen MR) is 57.6 cm³/mol. The molecule has 1 aromatic rings. The molecular formula is C11H11NS. The number of hydrogen-bond acceptors (Lipinski definition) is 2. The zero-order valence-corrected chi connectivity index (χ0v) is 8.34. The minimum atomic E-state index is 1.01. The van der Waals surface area contributed by atoms with Crippen molar-refractivity contribution in [3.05, 3.63) is 46.5 Å². The lowest BCUT2D eigenvalue weighted by Gasteiger charge is -1.93. The Hall–Kier alpha value is -1.15. The Labute approximate surface area is 82.1 Å². The van der Waals surface area contributed by atoms with Crippen molar-refractivity contribution >= 4 is 16.9 Å². The number of aromatic nitrogens is 1. The third kappa shape index (κ3) is 1.95. The lowest BCUT2D eigenvalue weighted by atomic mass is 10.2. The van der Waals surface area contributed by atoms with E-state index in [9.17, 15) is 0 Å². The van der Waals surface area contributed by atoms with Crippen LogP contribution in [-0.2, 0) is 0 Å². The van der Waals surface area contributed by atoms with E-state index in [-0.39, 0.29) is 0 Å². The van der Waals surface area contributed by atoms with Gasteiger partial charge in [0.05, 0.1) is 0 Å². The molecule has 66 valence electrons. The van der Waals surface area contributed by atoms with Gasteiger partial charge in [-0.1, -0.05) is 29.9 Å². The van der Waals surface area contributed by atoms with Gasteiger partial charge >= 0.3 is 0 Å². The summed E-state index contributed by atoms with van der Waals surface area (Å²) in [6.45, 7) is 2.12. The van der Waals surface area contributed by atoms with Crippen molar-refractivity contribution in [3.63, 3.8) is 0 Å². The summed E-state index contributed by atoms with van der Waals surface area (Å²) in [4.78, 5) is 4.28. The first kappa shape index (κ1) is 8.45. The van der Waals surface area contributed by atoms with Crippen LogP contribution in [0.5, 0.6) is 0 Å². The molecule has 0 atom stereocenters. The zero-order valence-electron chi connectivity index (χ0n) is 7.53. The molecule has 1 nitrogen and oxygen atoms in total. The second-order valence-electron chi connectivity index (χ2n) is 3.01. The van der Waals surface area contributed by atoms with E-state index in [4.69, 9.17) is 0 Å². The normalized spacial score (nSPS) is 16.4. The maximum absolute atomic E-state index is 4.28. The minimum Gasteiger partial charge on any atom is -0.245 e. The fourth-order valence-electron chi connectivity index (χ4n) is 1.25. The summed E-state index contributed by atoms with van der Waals surface area (Å²) in [6, 6.07) is 0. The highest BCUT2D eigenvalue weighted by Gasteiger charge is 2.01. The first-order valence-corrected chi connectivity index (χ1v) is 5.19. The molecule has 0 spiro atoms. The molecule has 1 aromatic heterocycles. The second kappa shape index (κ2) is 3.71. The van der Waals surface area contributed by atoms with Crippen LogP contribution in [0.3, 0.4) is 0 Å². The molecule has 0 N–H and O–H groups in total. The lowest BCUT2D eigenvalue weighted by Crippen LogP contribution is -1.76. The third-order valence-corrected chi connectivity index (χ3v) is 2.80. The first-order chi connectivity index (χ1) is 6.36. The summed E-state index contributed by atoms with van der Waals surface area (Å²) in [6.07, 6.45) is 11.6.